The molecule has 3 aromatic rings. The van der Waals surface area contributed by atoms with Crippen LogP contribution in [-0.4, -0.2) is 65.1 Å². The van der Waals surface area contributed by atoms with Gasteiger partial charge in [-0.3, -0.25) is 0 Å². The largest absolute Gasteiger partial charge is 0.480 e. The third kappa shape index (κ3) is 9.73. The number of aromatic nitrogens is 2. The van der Waals surface area contributed by atoms with Gasteiger partial charge in [-0.2, -0.15) is 4.31 Å². The minimum atomic E-state index is -4.09. The maximum absolute atomic E-state index is 13.9. The summed E-state index contributed by atoms with van der Waals surface area (Å²) < 4.78 is 34.7. The van der Waals surface area contributed by atoms with Crippen LogP contribution in [0.1, 0.15) is 72.6 Å². The molecule has 0 bridgehead atoms. The van der Waals surface area contributed by atoms with Gasteiger partial charge in [0.15, 0.2) is 5.03 Å². The molecule has 0 aliphatic rings. The predicted octanol–water partition coefficient (Wildman–Crippen LogP) is 6.34. The lowest BCUT2D eigenvalue weighted by Gasteiger charge is -2.37. The van der Waals surface area contributed by atoms with Crippen LogP contribution in [0.3, 0.4) is 0 Å². The van der Waals surface area contributed by atoms with Gasteiger partial charge in [0.2, 0.25) is 0 Å². The van der Waals surface area contributed by atoms with Crippen molar-refractivity contribution in [2.75, 3.05) is 23.4 Å². The molecule has 2 heterocycles. The fourth-order valence-electron chi connectivity index (χ4n) is 4.82. The molecule has 0 saturated heterocycles. The molecule has 3 rings (SSSR count). The second-order valence-electron chi connectivity index (χ2n) is 13.3. The van der Waals surface area contributed by atoms with Gasteiger partial charge in [-0.1, -0.05) is 58.4 Å². The second-order valence-corrected chi connectivity index (χ2v) is 15.2. The topological polar surface area (TPSA) is 133 Å². The Kier molecular flexibility index (Phi) is 11.9. The number of carboxylic acid groups (broad SMARTS) is 1. The molecule has 1 atom stereocenters. The third-order valence-corrected chi connectivity index (χ3v) is 8.81. The molecular formula is C34H47N5O6S. The normalized spacial score (nSPS) is 12.9. The number of unbranched alkanes of at least 4 members (excludes halogenated alkanes) is 1. The molecule has 0 saturated carbocycles. The zero-order chi connectivity index (χ0) is 34.3. The molecule has 11 nitrogen and oxygen atoms in total. The van der Waals surface area contributed by atoms with Gasteiger partial charge in [0.05, 0.1) is 12.2 Å². The molecule has 0 aliphatic carbocycles. The number of anilines is 2. The number of amides is 1. The van der Waals surface area contributed by atoms with E-state index in [4.69, 9.17) is 4.74 Å². The molecule has 46 heavy (non-hydrogen) atoms. The minimum Gasteiger partial charge on any atom is -0.480 e. The van der Waals surface area contributed by atoms with E-state index in [0.29, 0.717) is 5.69 Å². The maximum atomic E-state index is 13.9. The minimum absolute atomic E-state index is 0.0271. The van der Waals surface area contributed by atoms with Crippen LogP contribution < -0.4 is 9.80 Å². The molecule has 1 unspecified atom stereocenters. The van der Waals surface area contributed by atoms with Gasteiger partial charge < -0.3 is 14.7 Å². The van der Waals surface area contributed by atoms with E-state index >= 15 is 0 Å². The summed E-state index contributed by atoms with van der Waals surface area (Å²) in [5.41, 5.74) is 0.296. The highest BCUT2D eigenvalue weighted by Crippen LogP contribution is 2.31. The number of nitrogens with zero attached hydrogens (tertiary/aromatic N) is 5. The number of hydrogen-bond donors (Lipinski definition) is 1. The van der Waals surface area contributed by atoms with Crippen LogP contribution in [0.15, 0.2) is 71.9 Å². The van der Waals surface area contributed by atoms with E-state index in [-0.39, 0.29) is 23.9 Å². The molecule has 1 N–H and O–H groups in total. The molecule has 1 aromatic carbocycles. The Hall–Kier alpha value is -4.03. The van der Waals surface area contributed by atoms with E-state index in [9.17, 15) is 23.1 Å². The lowest BCUT2D eigenvalue weighted by Crippen LogP contribution is -2.54. The first kappa shape index (κ1) is 36.4. The highest BCUT2D eigenvalue weighted by Gasteiger charge is 2.42. The Bertz CT molecular complexity index is 1570. The van der Waals surface area contributed by atoms with Gasteiger partial charge in [0, 0.05) is 32.0 Å². The van der Waals surface area contributed by atoms with Gasteiger partial charge in [-0.15, -0.1) is 0 Å². The van der Waals surface area contributed by atoms with Crippen molar-refractivity contribution in [2.24, 2.45) is 5.41 Å². The number of rotatable bonds is 13. The van der Waals surface area contributed by atoms with Crippen molar-refractivity contribution < 1.29 is 27.9 Å². The quantitative estimate of drug-likeness (QED) is 0.224. The number of carbonyl (C=O) groups is 2. The predicted molar refractivity (Wildman–Crippen MR) is 179 cm³/mol. The summed E-state index contributed by atoms with van der Waals surface area (Å²) in [6.07, 6.45) is 2.69. The van der Waals surface area contributed by atoms with Gasteiger partial charge in [0.1, 0.15) is 17.5 Å². The van der Waals surface area contributed by atoms with Crippen molar-refractivity contribution >= 4 is 33.6 Å². The van der Waals surface area contributed by atoms with Crippen molar-refractivity contribution in [3.05, 3.63) is 78.1 Å². The van der Waals surface area contributed by atoms with Crippen LogP contribution in [0.5, 0.6) is 0 Å². The number of benzene rings is 1. The lowest BCUT2D eigenvalue weighted by atomic mass is 9.85. The summed E-state index contributed by atoms with van der Waals surface area (Å²) in [5, 5.41) is 10.1. The highest BCUT2D eigenvalue weighted by atomic mass is 32.2. The summed E-state index contributed by atoms with van der Waals surface area (Å²) in [5.74, 6) is -1.20. The van der Waals surface area contributed by atoms with E-state index in [1.54, 1.807) is 65.8 Å². The smallest absolute Gasteiger partial charge is 0.416 e. The summed E-state index contributed by atoms with van der Waals surface area (Å²) in [6, 6.07) is 15.8. The average molecular weight is 654 g/mol. The summed E-state index contributed by atoms with van der Waals surface area (Å²) in [7, 11) is -2.07. The van der Waals surface area contributed by atoms with Gasteiger partial charge in [-0.25, -0.2) is 32.9 Å². The molecule has 0 spiro atoms. The Morgan fingerprint density at radius 1 is 0.935 bits per heavy atom. The molecule has 0 fully saturated rings. The van der Waals surface area contributed by atoms with Crippen molar-refractivity contribution in [2.45, 2.75) is 91.1 Å². The molecule has 0 radical (unpaired) electrons. The van der Waals surface area contributed by atoms with Crippen LogP contribution in [0, 0.1) is 5.41 Å². The van der Waals surface area contributed by atoms with Crippen molar-refractivity contribution in [3.8, 4) is 0 Å². The molecule has 2 aromatic heterocycles. The van der Waals surface area contributed by atoms with E-state index in [1.165, 1.54) is 22.6 Å². The van der Waals surface area contributed by atoms with E-state index < -0.39 is 39.1 Å². The fourth-order valence-corrected chi connectivity index (χ4v) is 6.15. The summed E-state index contributed by atoms with van der Waals surface area (Å²) >= 11 is 0. The van der Waals surface area contributed by atoms with Crippen LogP contribution in [0.2, 0.25) is 0 Å². The van der Waals surface area contributed by atoms with E-state index in [1.807, 2.05) is 31.3 Å². The van der Waals surface area contributed by atoms with Crippen LogP contribution in [-0.2, 0) is 32.6 Å². The Balaban J connectivity index is 2.05. The van der Waals surface area contributed by atoms with Crippen molar-refractivity contribution in [1.29, 1.82) is 0 Å². The zero-order valence-electron chi connectivity index (χ0n) is 28.1. The summed E-state index contributed by atoms with van der Waals surface area (Å²) in [4.78, 5) is 37.9. The van der Waals surface area contributed by atoms with Crippen molar-refractivity contribution in [3.63, 3.8) is 0 Å². The number of ether oxygens (including phenoxy) is 1. The first-order valence-electron chi connectivity index (χ1n) is 15.4. The SMILES string of the molecule is CCCCN(C)c1ccc(CN(Cc2cccc(N(C(=O)OC(C)(C)C)C(C(=O)O)C(C)(C)C)n2)S(=O)(=O)c2ccccn2)cc1. The van der Waals surface area contributed by atoms with Crippen molar-refractivity contribution in [1.82, 2.24) is 14.3 Å². The Morgan fingerprint density at radius 3 is 2.15 bits per heavy atom. The van der Waals surface area contributed by atoms with E-state index in [2.05, 4.69) is 21.8 Å². The zero-order valence-corrected chi connectivity index (χ0v) is 28.9. The Labute approximate surface area is 273 Å². The molecule has 12 heteroatoms. The molecule has 1 amide bonds. The van der Waals surface area contributed by atoms with Gasteiger partial charge >= 0.3 is 12.1 Å². The number of pyridine rings is 2. The van der Waals surface area contributed by atoms with E-state index in [0.717, 1.165) is 35.5 Å². The Morgan fingerprint density at radius 2 is 1.61 bits per heavy atom. The van der Waals surface area contributed by atoms with Gasteiger partial charge in [-0.05, 0) is 74.6 Å². The average Bonchev–Trinajstić information content (AvgIpc) is 2.97. The van der Waals surface area contributed by atoms with Crippen LogP contribution in [0.25, 0.3) is 0 Å². The first-order chi connectivity index (χ1) is 21.4. The molecule has 250 valence electrons. The maximum Gasteiger partial charge on any atom is 0.416 e. The number of hydrogen-bond acceptors (Lipinski definition) is 8. The third-order valence-electron chi connectivity index (χ3n) is 7.10. The number of carbonyl (C=O) groups excluding carboxylic acids is 1. The fraction of sp³-hybridized carbons (Fsp3) is 0.471. The number of sulfonamides is 1. The monoisotopic (exact) mass is 653 g/mol. The number of carboxylic acids is 1. The lowest BCUT2D eigenvalue weighted by molar-refractivity contribution is -0.141. The summed E-state index contributed by atoms with van der Waals surface area (Å²) in [6.45, 7) is 13.1. The molecular weight excluding hydrogens is 606 g/mol. The first-order valence-corrected chi connectivity index (χ1v) is 16.8. The van der Waals surface area contributed by atoms with Gasteiger partial charge in [0.25, 0.3) is 10.0 Å². The standard InChI is InChI=1S/C34H47N5O6S/c1-9-10-22-37(8)27-19-17-25(18-20-27)23-38(46(43,44)29-16-11-12-21-35-29)24-26-14-13-15-28(36-26)39(32(42)45-34(5,6)7)30(31(40)41)33(2,3)4/h11-21,30H,9-10,22-24H2,1-8H3,(H,40,41). The second kappa shape index (κ2) is 15.0. The van der Waals surface area contributed by atoms with Crippen LogP contribution in [0.4, 0.5) is 16.3 Å². The highest BCUT2D eigenvalue weighted by molar-refractivity contribution is 7.89. The van der Waals surface area contributed by atoms with Crippen LogP contribution >= 0.6 is 0 Å². The number of aliphatic carboxylic acids is 1. The molecule has 0 aliphatic heterocycles.